The van der Waals surface area contributed by atoms with Gasteiger partial charge < -0.3 is 20.9 Å². The molecule has 7 heteroatoms. The molecule has 32 heavy (non-hydrogen) atoms. The van der Waals surface area contributed by atoms with Gasteiger partial charge >= 0.3 is 0 Å². The maximum absolute atomic E-state index is 13.6. The van der Waals surface area contributed by atoms with Crippen LogP contribution >= 0.6 is 0 Å². The Labute approximate surface area is 191 Å². The smallest absolute Gasteiger partial charge is 0.246 e. The van der Waals surface area contributed by atoms with Crippen molar-refractivity contribution in [2.24, 2.45) is 5.41 Å². The minimum Gasteiger partial charge on any atom is -0.347 e. The molecule has 1 heterocycles. The van der Waals surface area contributed by atoms with Crippen molar-refractivity contribution in [1.82, 2.24) is 20.9 Å². The molecule has 0 unspecified atom stereocenters. The first-order valence-electron chi connectivity index (χ1n) is 11.8. The zero-order chi connectivity index (χ0) is 23.5. The molecule has 0 bridgehead atoms. The third-order valence-corrected chi connectivity index (χ3v) is 6.75. The van der Waals surface area contributed by atoms with Gasteiger partial charge in [-0.2, -0.15) is 0 Å². The summed E-state index contributed by atoms with van der Waals surface area (Å²) >= 11 is 0. The van der Waals surface area contributed by atoms with Crippen LogP contribution in [0.4, 0.5) is 0 Å². The zero-order valence-electron chi connectivity index (χ0n) is 20.0. The van der Waals surface area contributed by atoms with E-state index in [-0.39, 0.29) is 23.8 Å². The lowest BCUT2D eigenvalue weighted by Gasteiger charge is -2.36. The second-order valence-corrected chi connectivity index (χ2v) is 10.2. The quantitative estimate of drug-likeness (QED) is 0.631. The van der Waals surface area contributed by atoms with E-state index in [1.807, 2.05) is 32.9 Å². The van der Waals surface area contributed by atoms with Gasteiger partial charge in [-0.3, -0.25) is 14.4 Å². The Morgan fingerprint density at radius 3 is 2.50 bits per heavy atom. The number of carbonyl (C=O) groups is 3. The number of aryl methyl sites for hydroxylation is 1. The summed E-state index contributed by atoms with van der Waals surface area (Å²) in [6.07, 6.45) is 4.41. The molecule has 176 valence electrons. The lowest BCUT2D eigenvalue weighted by atomic mass is 9.85. The third-order valence-electron chi connectivity index (χ3n) is 6.75. The van der Waals surface area contributed by atoms with Crippen molar-refractivity contribution in [3.63, 3.8) is 0 Å². The number of hydrogen-bond donors (Lipinski definition) is 3. The molecule has 0 aromatic heterocycles. The van der Waals surface area contributed by atoms with Gasteiger partial charge in [-0.1, -0.05) is 45.0 Å². The minimum absolute atomic E-state index is 0.0143. The van der Waals surface area contributed by atoms with Crippen molar-refractivity contribution in [3.8, 4) is 0 Å². The summed E-state index contributed by atoms with van der Waals surface area (Å²) in [6.45, 7) is 8.09. The summed E-state index contributed by atoms with van der Waals surface area (Å²) < 4.78 is 0. The molecule has 0 saturated carbocycles. The predicted octanol–water partition coefficient (Wildman–Crippen LogP) is 2.31. The molecular weight excluding hydrogens is 404 g/mol. The van der Waals surface area contributed by atoms with Crippen LogP contribution in [0.15, 0.2) is 24.3 Å². The van der Waals surface area contributed by atoms with Crippen LogP contribution < -0.4 is 16.0 Å². The van der Waals surface area contributed by atoms with E-state index in [9.17, 15) is 14.4 Å². The van der Waals surface area contributed by atoms with E-state index in [0.29, 0.717) is 13.0 Å². The fourth-order valence-electron chi connectivity index (χ4n) is 4.69. The minimum atomic E-state index is -0.699. The molecule has 0 radical (unpaired) electrons. The van der Waals surface area contributed by atoms with Crippen molar-refractivity contribution in [2.45, 2.75) is 84.0 Å². The molecule has 1 aromatic rings. The summed E-state index contributed by atoms with van der Waals surface area (Å²) in [5, 5.41) is 9.04. The number of amides is 3. The SMILES string of the molecule is CN[C@@H](C)C(=O)N[C@H](C(=O)N1CCC[C@H]1C(=O)N[C@@H]1CCCc2ccccc21)C(C)(C)C. The summed E-state index contributed by atoms with van der Waals surface area (Å²) in [4.78, 5) is 41.0. The van der Waals surface area contributed by atoms with E-state index in [4.69, 9.17) is 0 Å². The van der Waals surface area contributed by atoms with Crippen LogP contribution in [-0.4, -0.2) is 54.3 Å². The van der Waals surface area contributed by atoms with E-state index in [1.165, 1.54) is 11.1 Å². The first-order chi connectivity index (χ1) is 15.1. The zero-order valence-corrected chi connectivity index (χ0v) is 20.0. The Hall–Kier alpha value is -2.41. The molecule has 3 rings (SSSR count). The van der Waals surface area contributed by atoms with Crippen molar-refractivity contribution in [2.75, 3.05) is 13.6 Å². The average molecular weight is 443 g/mol. The maximum atomic E-state index is 13.6. The molecule has 1 saturated heterocycles. The Kier molecular flexibility index (Phi) is 7.59. The highest BCUT2D eigenvalue weighted by atomic mass is 16.2. The number of nitrogens with zero attached hydrogens (tertiary/aromatic N) is 1. The summed E-state index contributed by atoms with van der Waals surface area (Å²) in [5.74, 6) is -0.504. The number of nitrogens with one attached hydrogen (secondary N) is 3. The lowest BCUT2D eigenvalue weighted by molar-refractivity contribution is -0.144. The highest BCUT2D eigenvalue weighted by Gasteiger charge is 2.42. The Balaban J connectivity index is 1.74. The molecule has 1 aliphatic carbocycles. The fourth-order valence-corrected chi connectivity index (χ4v) is 4.69. The highest BCUT2D eigenvalue weighted by molar-refractivity contribution is 5.94. The standard InChI is InChI=1S/C25H38N4O3/c1-16(26-5)22(30)28-21(25(2,3)4)24(32)29-15-9-14-20(29)23(31)27-19-13-8-11-17-10-6-7-12-18(17)19/h6-7,10,12,16,19-21,26H,8-9,11,13-15H2,1-5H3,(H,27,31)(H,28,30)/t16-,19+,20-,21+/m0/s1. The van der Waals surface area contributed by atoms with Gasteiger partial charge in [0, 0.05) is 6.54 Å². The molecule has 7 nitrogen and oxygen atoms in total. The predicted molar refractivity (Wildman–Crippen MR) is 125 cm³/mol. The number of hydrogen-bond acceptors (Lipinski definition) is 4. The van der Waals surface area contributed by atoms with Gasteiger partial charge in [0.1, 0.15) is 12.1 Å². The second-order valence-electron chi connectivity index (χ2n) is 10.2. The van der Waals surface area contributed by atoms with Crippen molar-refractivity contribution in [1.29, 1.82) is 0 Å². The largest absolute Gasteiger partial charge is 0.347 e. The van der Waals surface area contributed by atoms with Gasteiger partial charge in [-0.25, -0.2) is 0 Å². The van der Waals surface area contributed by atoms with Gasteiger partial charge in [0.25, 0.3) is 0 Å². The number of fused-ring (bicyclic) bond motifs is 1. The molecule has 1 aromatic carbocycles. The van der Waals surface area contributed by atoms with Crippen LogP contribution in [0.1, 0.15) is 70.5 Å². The molecular formula is C25H38N4O3. The molecule has 3 amide bonds. The van der Waals surface area contributed by atoms with Crippen molar-refractivity contribution >= 4 is 17.7 Å². The average Bonchev–Trinajstić information content (AvgIpc) is 3.26. The van der Waals surface area contributed by atoms with E-state index in [2.05, 4.69) is 28.1 Å². The number of benzene rings is 1. The Morgan fingerprint density at radius 1 is 1.09 bits per heavy atom. The number of likely N-dealkylation sites (N-methyl/N-ethyl adjacent to an activating group) is 1. The van der Waals surface area contributed by atoms with Crippen LogP contribution in [0.3, 0.4) is 0 Å². The molecule has 2 aliphatic rings. The van der Waals surface area contributed by atoms with Gasteiger partial charge in [-0.05, 0) is 62.6 Å². The van der Waals surface area contributed by atoms with Gasteiger partial charge in [0.05, 0.1) is 12.1 Å². The van der Waals surface area contributed by atoms with Crippen LogP contribution in [0, 0.1) is 5.41 Å². The van der Waals surface area contributed by atoms with E-state index in [1.54, 1.807) is 18.9 Å². The molecule has 3 N–H and O–H groups in total. The highest BCUT2D eigenvalue weighted by Crippen LogP contribution is 2.31. The maximum Gasteiger partial charge on any atom is 0.246 e. The lowest BCUT2D eigenvalue weighted by Crippen LogP contribution is -2.59. The molecule has 1 aliphatic heterocycles. The van der Waals surface area contributed by atoms with Crippen LogP contribution in [-0.2, 0) is 20.8 Å². The van der Waals surface area contributed by atoms with Gasteiger partial charge in [-0.15, -0.1) is 0 Å². The van der Waals surface area contributed by atoms with E-state index >= 15 is 0 Å². The Bertz CT molecular complexity index is 848. The number of carbonyl (C=O) groups excluding carboxylic acids is 3. The summed E-state index contributed by atoms with van der Waals surface area (Å²) in [7, 11) is 1.71. The number of likely N-dealkylation sites (tertiary alicyclic amines) is 1. The van der Waals surface area contributed by atoms with Gasteiger partial charge in [0.15, 0.2) is 0 Å². The van der Waals surface area contributed by atoms with E-state index in [0.717, 1.165) is 25.7 Å². The van der Waals surface area contributed by atoms with E-state index < -0.39 is 23.5 Å². The summed E-state index contributed by atoms with van der Waals surface area (Å²) in [6, 6.07) is 6.65. The van der Waals surface area contributed by atoms with Gasteiger partial charge in [0.2, 0.25) is 17.7 Å². The molecule has 1 fully saturated rings. The van der Waals surface area contributed by atoms with Crippen molar-refractivity contribution in [3.05, 3.63) is 35.4 Å². The number of rotatable bonds is 6. The van der Waals surface area contributed by atoms with Crippen molar-refractivity contribution < 1.29 is 14.4 Å². The molecule has 0 spiro atoms. The van der Waals surface area contributed by atoms with Crippen LogP contribution in [0.25, 0.3) is 0 Å². The van der Waals surface area contributed by atoms with Crippen LogP contribution in [0.2, 0.25) is 0 Å². The Morgan fingerprint density at radius 2 is 1.81 bits per heavy atom. The molecule has 4 atom stereocenters. The topological polar surface area (TPSA) is 90.5 Å². The second kappa shape index (κ2) is 10.0. The summed E-state index contributed by atoms with van der Waals surface area (Å²) in [5.41, 5.74) is 1.99. The first kappa shape index (κ1) is 24.2. The fraction of sp³-hybridized carbons (Fsp3) is 0.640. The normalized spacial score (nSPS) is 22.6. The monoisotopic (exact) mass is 442 g/mol. The van der Waals surface area contributed by atoms with Crippen LogP contribution in [0.5, 0.6) is 0 Å². The third kappa shape index (κ3) is 5.31. The first-order valence-corrected chi connectivity index (χ1v) is 11.8.